The lowest BCUT2D eigenvalue weighted by Gasteiger charge is -2.05. The van der Waals surface area contributed by atoms with E-state index in [1.807, 2.05) is 31.2 Å². The van der Waals surface area contributed by atoms with Crippen molar-refractivity contribution in [3.63, 3.8) is 0 Å². The van der Waals surface area contributed by atoms with Crippen molar-refractivity contribution in [2.45, 2.75) is 13.5 Å². The molecule has 0 N–H and O–H groups in total. The summed E-state index contributed by atoms with van der Waals surface area (Å²) in [6.07, 6.45) is 3.68. The lowest BCUT2D eigenvalue weighted by molar-refractivity contribution is 0.112. The van der Waals surface area contributed by atoms with E-state index in [0.29, 0.717) is 24.3 Å². The summed E-state index contributed by atoms with van der Waals surface area (Å²) >= 11 is 0. The molecule has 0 fully saturated rings. The summed E-state index contributed by atoms with van der Waals surface area (Å²) in [6, 6.07) is 7.76. The van der Waals surface area contributed by atoms with Gasteiger partial charge in [-0.05, 0) is 24.6 Å². The Morgan fingerprint density at radius 1 is 1.29 bits per heavy atom. The molecule has 0 atom stereocenters. The average Bonchev–Trinajstić information content (AvgIpc) is 2.37. The smallest absolute Gasteiger partial charge is 0.166 e. The molecule has 0 amide bonds. The molecule has 1 aromatic carbocycles. The van der Waals surface area contributed by atoms with Crippen LogP contribution in [0.25, 0.3) is 0 Å². The van der Waals surface area contributed by atoms with Crippen LogP contribution >= 0.6 is 0 Å². The molecule has 0 spiro atoms. The summed E-state index contributed by atoms with van der Waals surface area (Å²) < 4.78 is 5.53. The van der Waals surface area contributed by atoms with Crippen LogP contribution in [0.15, 0.2) is 36.7 Å². The maximum absolute atomic E-state index is 10.4. The van der Waals surface area contributed by atoms with E-state index < -0.39 is 0 Å². The van der Waals surface area contributed by atoms with Crippen molar-refractivity contribution in [2.75, 3.05) is 0 Å². The Morgan fingerprint density at radius 3 is 2.71 bits per heavy atom. The van der Waals surface area contributed by atoms with Gasteiger partial charge in [0.15, 0.2) is 12.1 Å². The highest BCUT2D eigenvalue weighted by Gasteiger charge is 1.99. The third-order valence-electron chi connectivity index (χ3n) is 2.22. The fraction of sp³-hybridized carbons (Fsp3) is 0.154. The second kappa shape index (κ2) is 5.21. The van der Waals surface area contributed by atoms with Crippen molar-refractivity contribution in [3.05, 3.63) is 53.6 Å². The van der Waals surface area contributed by atoms with Crippen LogP contribution in [0.4, 0.5) is 0 Å². The molecule has 86 valence electrons. The summed E-state index contributed by atoms with van der Waals surface area (Å²) in [5.74, 6) is 1.34. The minimum atomic E-state index is 0.294. The largest absolute Gasteiger partial charge is 0.486 e. The number of ether oxygens (including phenoxy) is 1. The normalized spacial score (nSPS) is 9.94. The molecule has 0 aliphatic heterocycles. The van der Waals surface area contributed by atoms with Gasteiger partial charge in [-0.3, -0.25) is 4.79 Å². The zero-order valence-electron chi connectivity index (χ0n) is 9.46. The number of carbonyl (C=O) groups is 1. The zero-order valence-corrected chi connectivity index (χ0v) is 9.46. The summed E-state index contributed by atoms with van der Waals surface area (Å²) in [6.45, 7) is 2.30. The highest BCUT2D eigenvalue weighted by atomic mass is 16.5. The number of aldehydes is 1. The molecule has 17 heavy (non-hydrogen) atoms. The topological polar surface area (TPSA) is 52.1 Å². The fourth-order valence-corrected chi connectivity index (χ4v) is 1.35. The van der Waals surface area contributed by atoms with E-state index in [2.05, 4.69) is 9.97 Å². The first-order valence-corrected chi connectivity index (χ1v) is 5.23. The Kier molecular flexibility index (Phi) is 3.45. The SMILES string of the molecule is Cc1cccc(OCc2ncc(C=O)cn2)c1. The molecular formula is C13H12N2O2. The first-order chi connectivity index (χ1) is 8.28. The summed E-state index contributed by atoms with van der Waals surface area (Å²) in [5, 5.41) is 0. The van der Waals surface area contributed by atoms with E-state index >= 15 is 0 Å². The molecule has 0 saturated carbocycles. The summed E-state index contributed by atoms with van der Waals surface area (Å²) in [4.78, 5) is 18.5. The van der Waals surface area contributed by atoms with Gasteiger partial charge in [-0.1, -0.05) is 12.1 Å². The molecule has 0 aliphatic rings. The van der Waals surface area contributed by atoms with Gasteiger partial charge in [-0.25, -0.2) is 9.97 Å². The molecule has 4 heteroatoms. The van der Waals surface area contributed by atoms with E-state index in [0.717, 1.165) is 11.3 Å². The first-order valence-electron chi connectivity index (χ1n) is 5.23. The third kappa shape index (κ3) is 3.11. The molecule has 0 aliphatic carbocycles. The lowest BCUT2D eigenvalue weighted by Crippen LogP contribution is -2.01. The summed E-state index contributed by atoms with van der Waals surface area (Å²) in [7, 11) is 0. The Bertz CT molecular complexity index is 509. The van der Waals surface area contributed by atoms with Gasteiger partial charge in [-0.15, -0.1) is 0 Å². The number of aryl methyl sites for hydroxylation is 1. The van der Waals surface area contributed by atoms with Crippen LogP contribution < -0.4 is 4.74 Å². The number of rotatable bonds is 4. The van der Waals surface area contributed by atoms with Crippen LogP contribution in [-0.4, -0.2) is 16.3 Å². The Hall–Kier alpha value is -2.23. The van der Waals surface area contributed by atoms with Gasteiger partial charge >= 0.3 is 0 Å². The predicted octanol–water partition coefficient (Wildman–Crippen LogP) is 2.18. The van der Waals surface area contributed by atoms with Crippen LogP contribution in [0.1, 0.15) is 21.7 Å². The Morgan fingerprint density at radius 2 is 2.06 bits per heavy atom. The second-order valence-electron chi connectivity index (χ2n) is 3.66. The van der Waals surface area contributed by atoms with Crippen LogP contribution in [0.2, 0.25) is 0 Å². The minimum absolute atomic E-state index is 0.294. The highest BCUT2D eigenvalue weighted by molar-refractivity contribution is 5.73. The Balaban J connectivity index is 1.99. The molecule has 0 unspecified atom stereocenters. The second-order valence-corrected chi connectivity index (χ2v) is 3.66. The van der Waals surface area contributed by atoms with Gasteiger partial charge in [0.1, 0.15) is 12.4 Å². The first kappa shape index (κ1) is 11.3. The molecule has 2 aromatic rings. The maximum Gasteiger partial charge on any atom is 0.166 e. The molecule has 0 saturated heterocycles. The molecule has 2 rings (SSSR count). The van der Waals surface area contributed by atoms with E-state index in [1.54, 1.807) is 0 Å². The minimum Gasteiger partial charge on any atom is -0.486 e. The third-order valence-corrected chi connectivity index (χ3v) is 2.22. The number of hydrogen-bond acceptors (Lipinski definition) is 4. The molecule has 0 bridgehead atoms. The van der Waals surface area contributed by atoms with Gasteiger partial charge in [0, 0.05) is 12.4 Å². The van der Waals surface area contributed by atoms with E-state index in [-0.39, 0.29) is 0 Å². The van der Waals surface area contributed by atoms with Gasteiger partial charge in [0.2, 0.25) is 0 Å². The number of benzene rings is 1. The number of nitrogens with zero attached hydrogens (tertiary/aromatic N) is 2. The lowest BCUT2D eigenvalue weighted by atomic mass is 10.2. The Labute approximate surface area is 99.3 Å². The fourth-order valence-electron chi connectivity index (χ4n) is 1.35. The average molecular weight is 228 g/mol. The van der Waals surface area contributed by atoms with Gasteiger partial charge in [-0.2, -0.15) is 0 Å². The van der Waals surface area contributed by atoms with Crippen molar-refractivity contribution in [2.24, 2.45) is 0 Å². The van der Waals surface area contributed by atoms with E-state index in [1.165, 1.54) is 12.4 Å². The molecule has 0 radical (unpaired) electrons. The van der Waals surface area contributed by atoms with Crippen LogP contribution in [-0.2, 0) is 6.61 Å². The van der Waals surface area contributed by atoms with Crippen molar-refractivity contribution < 1.29 is 9.53 Å². The predicted molar refractivity (Wildman–Crippen MR) is 62.9 cm³/mol. The van der Waals surface area contributed by atoms with Crippen molar-refractivity contribution in [1.82, 2.24) is 9.97 Å². The number of carbonyl (C=O) groups excluding carboxylic acids is 1. The van der Waals surface area contributed by atoms with E-state index in [4.69, 9.17) is 4.74 Å². The van der Waals surface area contributed by atoms with Crippen molar-refractivity contribution in [1.29, 1.82) is 0 Å². The van der Waals surface area contributed by atoms with Crippen LogP contribution in [0.3, 0.4) is 0 Å². The zero-order chi connectivity index (χ0) is 12.1. The molecule has 1 heterocycles. The van der Waals surface area contributed by atoms with Gasteiger partial charge in [0.25, 0.3) is 0 Å². The van der Waals surface area contributed by atoms with Crippen molar-refractivity contribution >= 4 is 6.29 Å². The highest BCUT2D eigenvalue weighted by Crippen LogP contribution is 2.13. The van der Waals surface area contributed by atoms with E-state index in [9.17, 15) is 4.79 Å². The number of hydrogen-bond donors (Lipinski definition) is 0. The molecule has 4 nitrogen and oxygen atoms in total. The monoisotopic (exact) mass is 228 g/mol. The molecule has 1 aromatic heterocycles. The molecular weight excluding hydrogens is 216 g/mol. The number of aromatic nitrogens is 2. The van der Waals surface area contributed by atoms with Gasteiger partial charge < -0.3 is 4.74 Å². The van der Waals surface area contributed by atoms with Crippen molar-refractivity contribution in [3.8, 4) is 5.75 Å². The van der Waals surface area contributed by atoms with Gasteiger partial charge in [0.05, 0.1) is 5.56 Å². The maximum atomic E-state index is 10.4. The standard InChI is InChI=1S/C13H12N2O2/c1-10-3-2-4-12(5-10)17-9-13-14-6-11(8-16)7-15-13/h2-8H,9H2,1H3. The summed E-state index contributed by atoms with van der Waals surface area (Å²) in [5.41, 5.74) is 1.60. The quantitative estimate of drug-likeness (QED) is 0.752. The van der Waals surface area contributed by atoms with Crippen LogP contribution in [0.5, 0.6) is 5.75 Å². The van der Waals surface area contributed by atoms with Crippen LogP contribution in [0, 0.1) is 6.92 Å².